The first-order chi connectivity index (χ1) is 52.8. The van der Waals surface area contributed by atoms with E-state index in [2.05, 4.69) is 172 Å². The fraction of sp³-hybridized carbons (Fsp3) is 0.618. The van der Waals surface area contributed by atoms with Gasteiger partial charge in [0, 0.05) is 32.6 Å². The number of anilines is 5. The number of aliphatic hydroxyl groups is 12. The molecule has 0 radical (unpaired) electrons. The minimum atomic E-state index is -1.44. The van der Waals surface area contributed by atoms with Crippen LogP contribution in [0.4, 0.5) is 29.0 Å². The second-order valence-electron chi connectivity index (χ2n) is 32.4. The lowest BCUT2D eigenvalue weighted by Crippen LogP contribution is -2.37. The maximum absolute atomic E-state index is 10.4. The number of benzene rings is 1. The molecule has 44 heteroatoms. The predicted octanol–water partition coefficient (Wildman–Crippen LogP) is 5.24. The normalized spacial score (nSPS) is 25.5. The Labute approximate surface area is 670 Å². The van der Waals surface area contributed by atoms with Gasteiger partial charge in [0.1, 0.15) is 98.6 Å². The van der Waals surface area contributed by atoms with Crippen LogP contribution in [0.2, 0.25) is 105 Å². The highest BCUT2D eigenvalue weighted by molar-refractivity contribution is 6.88. The van der Waals surface area contributed by atoms with E-state index >= 15 is 0 Å². The van der Waals surface area contributed by atoms with Gasteiger partial charge < -0.3 is 101 Å². The Bertz CT molecular complexity index is 4660. The van der Waals surface area contributed by atoms with E-state index in [9.17, 15) is 61.3 Å². The van der Waals surface area contributed by atoms with E-state index in [0.717, 1.165) is 36.6 Å². The van der Waals surface area contributed by atoms with Crippen LogP contribution in [-0.2, 0) is 18.9 Å². The molecule has 4 aliphatic rings. The molecule has 112 heavy (non-hydrogen) atoms. The highest BCUT2D eigenvalue weighted by Crippen LogP contribution is 2.41. The summed E-state index contributed by atoms with van der Waals surface area (Å²) in [5, 5.41) is 133. The zero-order valence-corrected chi connectivity index (χ0v) is 71.7. The lowest BCUT2D eigenvalue weighted by molar-refractivity contribution is -0.0509. The van der Waals surface area contributed by atoms with E-state index in [1.165, 1.54) is 80.1 Å². The van der Waals surface area contributed by atoms with Gasteiger partial charge in [0.15, 0.2) is 92.8 Å². The molecule has 36 nitrogen and oxygen atoms in total. The summed E-state index contributed by atoms with van der Waals surface area (Å²) in [7, 11) is -5.32. The van der Waals surface area contributed by atoms with Crippen molar-refractivity contribution < 1.29 is 80.2 Å². The van der Waals surface area contributed by atoms with E-state index in [4.69, 9.17) is 65.4 Å². The molecule has 16 atom stereocenters. The van der Waals surface area contributed by atoms with Gasteiger partial charge in [0.2, 0.25) is 21.1 Å². The van der Waals surface area contributed by atoms with Crippen molar-refractivity contribution in [3.63, 3.8) is 0 Å². The highest BCUT2D eigenvalue weighted by atomic mass is 35.5. The van der Waals surface area contributed by atoms with Gasteiger partial charge in [-0.05, 0) is 71.4 Å². The first-order valence-electron chi connectivity index (χ1n) is 37.0. The van der Waals surface area contributed by atoms with E-state index in [1.54, 1.807) is 0 Å². The zero-order valence-electron chi connectivity index (χ0n) is 64.6. The molecule has 0 bridgehead atoms. The topological polar surface area (TPSA) is 502 Å². The van der Waals surface area contributed by atoms with Gasteiger partial charge in [-0.2, -0.15) is 0 Å². The Kier molecular flexibility index (Phi) is 29.3. The quantitative estimate of drug-likeness (QED) is 0.0187. The van der Waals surface area contributed by atoms with E-state index in [0.29, 0.717) is 67.9 Å². The summed E-state index contributed by atoms with van der Waals surface area (Å²) in [6.45, 7) is 28.6. The van der Waals surface area contributed by atoms with E-state index < -0.39 is 157 Å². The number of nitrogens with one attached hydrogen (secondary N) is 4. The monoisotopic (exact) mass is 1710 g/mol. The fourth-order valence-electron chi connectivity index (χ4n) is 13.1. The third-order valence-corrected chi connectivity index (χ3v) is 28.6. The summed E-state index contributed by atoms with van der Waals surface area (Å²) in [4.78, 5) is 51.4. The lowest BCUT2D eigenvalue weighted by atomic mass is 10.1. The summed E-state index contributed by atoms with van der Waals surface area (Å²) in [6.07, 6.45) is -5.77. The summed E-state index contributed by atoms with van der Waals surface area (Å²) >= 11 is 25.2. The van der Waals surface area contributed by atoms with Crippen LogP contribution in [-0.4, -0.2) is 290 Å². The summed E-state index contributed by atoms with van der Waals surface area (Å²) in [6, 6.07) is 8.79. The number of nitrogens with zero attached hydrogens (tertiary/aromatic N) is 16. The molecule has 0 amide bonds. The minimum Gasteiger partial charge on any atom is -0.394 e. The molecule has 1 aromatic carbocycles. The predicted molar refractivity (Wildman–Crippen MR) is 434 cm³/mol. The summed E-state index contributed by atoms with van der Waals surface area (Å²) in [5.41, 5.74) is 5.29. The van der Waals surface area contributed by atoms with Crippen molar-refractivity contribution in [2.24, 2.45) is 0 Å². The third kappa shape index (κ3) is 20.0. The third-order valence-electron chi connectivity index (χ3n) is 19.5. The fourth-order valence-corrected chi connectivity index (χ4v) is 19.4. The van der Waals surface area contributed by atoms with Gasteiger partial charge in [0.25, 0.3) is 0 Å². The molecule has 616 valence electrons. The van der Waals surface area contributed by atoms with Crippen LogP contribution < -0.4 is 26.5 Å². The van der Waals surface area contributed by atoms with Crippen LogP contribution in [0.15, 0.2) is 43.5 Å². The Hall–Kier alpha value is -5.99. The molecule has 0 aliphatic carbocycles. The standard InChI is InChI=1S/C20H26ClN5O4Si.C18H30ClN5O4Si.C16H26ClN5O4Si.C14H22ClN5O4Si/c1-10-7-11(31(2,3)4)5-6-12(10)24-17-14-18(23-9-22-17)26(20(21)25-14)19-16(29)15(28)13(8-27)30-19;1-4-5-6-7-29(2,3)10-22-15-12-16(21-9-20-15)24(18(19)23-12)17-14(27)13(26)11(8-25)28-17;1-27(2,3)6-4-5-18-13-10-14(20-8-19-13)22(16(17)21-10)15-12(25)11(24)9(7-23)26-15;1-25(2,3)6-18-11-8-12(17-5-16-11)20(14(15)19-8)13-10(23)9(22)7(4-21)24-13/h5-7,9,13,15-16,19,27-29H,8H2,1-4H3,(H,22,23,24);9,11,13-14,17,25-27H,4-8,10H2,1-3H3,(H,20,21,22);8-9,11-12,15,23-25H,4-7H2,1-3H3,(H,18,19,20);5,7,9-10,13,21-23H,4,6H2,1-3H3,(H,16,17,18)/t13-,15-,16-,19-;11-,13-,14-,17-;9-,11-,12-,15-;7-,9-,10-,13-/m1111/s1. The number of unbranched alkanes of at least 4 members (excludes halogenated alkanes) is 2. The Morgan fingerprint density at radius 2 is 0.750 bits per heavy atom. The molecular formula is C68H104Cl4N20O16Si4. The Morgan fingerprint density at radius 3 is 1.06 bits per heavy atom. The van der Waals surface area contributed by atoms with Crippen molar-refractivity contribution in [2.45, 2.75) is 222 Å². The molecule has 0 unspecified atom stereocenters. The van der Waals surface area contributed by atoms with Crippen molar-refractivity contribution in [1.29, 1.82) is 0 Å². The maximum atomic E-state index is 10.4. The maximum Gasteiger partial charge on any atom is 0.207 e. The minimum absolute atomic E-state index is 0.0270. The smallest absolute Gasteiger partial charge is 0.207 e. The Balaban J connectivity index is 0.000000159. The van der Waals surface area contributed by atoms with Crippen LogP contribution in [0, 0.1) is 6.92 Å². The first-order valence-corrected chi connectivity index (χ1v) is 52.8. The largest absolute Gasteiger partial charge is 0.394 e. The average Bonchev–Trinajstić information content (AvgIpc) is 1.61. The van der Waals surface area contributed by atoms with Crippen LogP contribution >= 0.6 is 46.4 Å². The lowest BCUT2D eigenvalue weighted by Gasteiger charge is -2.23. The first kappa shape index (κ1) is 88.4. The van der Waals surface area contributed by atoms with Crippen LogP contribution in [0.1, 0.15) is 63.1 Å². The van der Waals surface area contributed by atoms with Gasteiger partial charge in [-0.25, -0.2) is 59.8 Å². The second-order valence-corrected chi connectivity index (χ2v) is 55.1. The number of aryl methyl sites for hydroxylation is 1. The van der Waals surface area contributed by atoms with Crippen molar-refractivity contribution >= 4 is 158 Å². The van der Waals surface area contributed by atoms with Crippen molar-refractivity contribution in [1.82, 2.24) is 78.1 Å². The van der Waals surface area contributed by atoms with Crippen molar-refractivity contribution in [3.8, 4) is 0 Å². The van der Waals surface area contributed by atoms with Gasteiger partial charge in [0.05, 0.1) is 50.6 Å². The highest BCUT2D eigenvalue weighted by Gasteiger charge is 2.49. The molecule has 12 heterocycles. The van der Waals surface area contributed by atoms with Gasteiger partial charge in [-0.15, -0.1) is 0 Å². The molecule has 13 rings (SSSR count). The number of aliphatic hydroxyl groups excluding tert-OH is 12. The van der Waals surface area contributed by atoms with Gasteiger partial charge in [-0.1, -0.05) is 128 Å². The molecule has 0 spiro atoms. The number of hydrogen-bond donors (Lipinski definition) is 16. The van der Waals surface area contributed by atoms with Crippen molar-refractivity contribution in [3.05, 3.63) is 70.2 Å². The molecule has 4 saturated heterocycles. The molecule has 4 aliphatic heterocycles. The van der Waals surface area contributed by atoms with Crippen LogP contribution in [0.25, 0.3) is 44.7 Å². The number of aromatic nitrogens is 16. The van der Waals surface area contributed by atoms with E-state index in [-0.39, 0.29) is 21.1 Å². The van der Waals surface area contributed by atoms with Crippen molar-refractivity contribution in [2.75, 3.05) is 66.6 Å². The van der Waals surface area contributed by atoms with Crippen LogP contribution in [0.5, 0.6) is 0 Å². The zero-order chi connectivity index (χ0) is 81.8. The number of ether oxygens (including phenoxy) is 4. The molecule has 0 saturated carbocycles. The molecular weight excluding hydrogens is 1610 g/mol. The number of rotatable bonds is 26. The summed E-state index contributed by atoms with van der Waals surface area (Å²) < 4.78 is 27.9. The molecule has 8 aromatic heterocycles. The van der Waals surface area contributed by atoms with Gasteiger partial charge >= 0.3 is 0 Å². The molecule has 9 aromatic rings. The van der Waals surface area contributed by atoms with Crippen LogP contribution in [0.3, 0.4) is 0 Å². The number of imidazole rings is 4. The molecule has 16 N–H and O–H groups in total. The van der Waals surface area contributed by atoms with E-state index in [1.807, 2.05) is 13.0 Å². The van der Waals surface area contributed by atoms with Gasteiger partial charge in [-0.3, -0.25) is 18.3 Å². The summed E-state index contributed by atoms with van der Waals surface area (Å²) in [5.74, 6) is 2.16. The average molecular weight is 1710 g/mol. The Morgan fingerprint density at radius 1 is 0.411 bits per heavy atom. The SMILES string of the molecule is CCCCC[Si](C)(C)CNc1ncnc2c1nc(Cl)n2[C@@H]1O[C@H](CO)[C@@H](O)[C@H]1O.C[Si](C)(C)CCCNc1ncnc2c1nc(Cl)n2[C@@H]1O[C@H](CO)[C@@H](O)[C@H]1O.C[Si](C)(C)CNc1ncnc2c1nc(Cl)n2[C@@H]1O[C@H](CO)[C@@H](O)[C@H]1O.Cc1cc([Si](C)(C)C)ccc1Nc1ncnc2c1nc(Cl)n2[C@@H]1O[C@H](CO)[C@@H](O)[C@H]1O. The number of hydrogen-bond acceptors (Lipinski definition) is 32. The second kappa shape index (κ2) is 37.1. The number of fused-ring (bicyclic) bond motifs is 4. The number of halogens is 4. The molecule has 4 fully saturated rings.